The topological polar surface area (TPSA) is 56.2 Å². The fourth-order valence-corrected chi connectivity index (χ4v) is 3.61. The Bertz CT molecular complexity index is 1210. The van der Waals surface area contributed by atoms with E-state index in [1.807, 2.05) is 79.3 Å². The summed E-state index contributed by atoms with van der Waals surface area (Å²) in [4.78, 5) is 12.6. The van der Waals surface area contributed by atoms with E-state index >= 15 is 0 Å². The van der Waals surface area contributed by atoms with Crippen LogP contribution in [0.1, 0.15) is 38.2 Å². The molecule has 0 bridgehead atoms. The zero-order valence-electron chi connectivity index (χ0n) is 18.6. The van der Waals surface area contributed by atoms with Gasteiger partial charge in [-0.2, -0.15) is 5.10 Å². The van der Waals surface area contributed by atoms with Crippen LogP contribution in [0.25, 0.3) is 0 Å². The molecule has 1 amide bonds. The number of ether oxygens (including phenoxy) is 1. The third-order valence-corrected chi connectivity index (χ3v) is 5.49. The fourth-order valence-electron chi connectivity index (χ4n) is 3.61. The lowest BCUT2D eigenvalue weighted by Gasteiger charge is -2.12. The summed E-state index contributed by atoms with van der Waals surface area (Å²) < 4.78 is 7.82. The molecule has 0 aliphatic rings. The maximum absolute atomic E-state index is 12.6. The maximum Gasteiger partial charge on any atom is 0.255 e. The molecule has 1 heterocycles. The molecule has 32 heavy (non-hydrogen) atoms. The summed E-state index contributed by atoms with van der Waals surface area (Å²) in [5.41, 5.74) is 6.92. The van der Waals surface area contributed by atoms with Gasteiger partial charge < -0.3 is 10.1 Å². The second-order valence-corrected chi connectivity index (χ2v) is 8.01. The number of amides is 1. The lowest BCUT2D eigenvalue weighted by atomic mass is 10.1. The molecule has 0 atom stereocenters. The zero-order chi connectivity index (χ0) is 22.5. The van der Waals surface area contributed by atoms with Crippen LogP contribution in [-0.2, 0) is 13.2 Å². The molecule has 1 N–H and O–H groups in total. The fraction of sp³-hybridized carbons (Fsp3) is 0.185. The van der Waals surface area contributed by atoms with Gasteiger partial charge in [-0.05, 0) is 60.7 Å². The van der Waals surface area contributed by atoms with E-state index in [1.54, 1.807) is 6.20 Å². The minimum atomic E-state index is -0.164. The van der Waals surface area contributed by atoms with Crippen LogP contribution in [0.5, 0.6) is 5.75 Å². The number of nitrogens with one attached hydrogen (secondary N) is 1. The lowest BCUT2D eigenvalue weighted by Crippen LogP contribution is -2.11. The zero-order valence-corrected chi connectivity index (χ0v) is 18.6. The Morgan fingerprint density at radius 3 is 2.31 bits per heavy atom. The molecule has 0 saturated heterocycles. The van der Waals surface area contributed by atoms with E-state index in [0.717, 1.165) is 22.4 Å². The number of nitrogens with zero attached hydrogens (tertiary/aromatic N) is 2. The lowest BCUT2D eigenvalue weighted by molar-refractivity contribution is 0.102. The average Bonchev–Trinajstić information content (AvgIpc) is 3.22. The summed E-state index contributed by atoms with van der Waals surface area (Å²) >= 11 is 0. The number of aryl methyl sites for hydroxylation is 3. The van der Waals surface area contributed by atoms with Crippen LogP contribution in [-0.4, -0.2) is 15.7 Å². The van der Waals surface area contributed by atoms with Gasteiger partial charge in [-0.15, -0.1) is 0 Å². The third-order valence-electron chi connectivity index (χ3n) is 5.49. The van der Waals surface area contributed by atoms with E-state index in [9.17, 15) is 4.79 Å². The van der Waals surface area contributed by atoms with Gasteiger partial charge in [0.1, 0.15) is 12.4 Å². The van der Waals surface area contributed by atoms with E-state index < -0.39 is 0 Å². The summed E-state index contributed by atoms with van der Waals surface area (Å²) in [7, 11) is 0. The van der Waals surface area contributed by atoms with Crippen molar-refractivity contribution in [3.05, 3.63) is 113 Å². The molecule has 1 aromatic heterocycles. The Morgan fingerprint density at radius 2 is 1.59 bits per heavy atom. The Balaban J connectivity index is 1.35. The Hall–Kier alpha value is -3.86. The average molecular weight is 426 g/mol. The highest BCUT2D eigenvalue weighted by atomic mass is 16.5. The van der Waals surface area contributed by atoms with E-state index in [-0.39, 0.29) is 5.91 Å². The molecule has 0 fully saturated rings. The molecule has 162 valence electrons. The quantitative estimate of drug-likeness (QED) is 0.414. The van der Waals surface area contributed by atoms with Gasteiger partial charge in [0, 0.05) is 11.8 Å². The summed E-state index contributed by atoms with van der Waals surface area (Å²) in [6.07, 6.45) is 3.51. The van der Waals surface area contributed by atoms with Crippen LogP contribution in [0.3, 0.4) is 0 Å². The minimum Gasteiger partial charge on any atom is -0.488 e. The molecule has 5 heteroatoms. The smallest absolute Gasteiger partial charge is 0.255 e. The third kappa shape index (κ3) is 5.06. The van der Waals surface area contributed by atoms with Gasteiger partial charge in [0.15, 0.2) is 0 Å². The molecular formula is C27H27N3O2. The van der Waals surface area contributed by atoms with Crippen molar-refractivity contribution in [1.82, 2.24) is 9.78 Å². The van der Waals surface area contributed by atoms with Crippen LogP contribution in [0.2, 0.25) is 0 Å². The molecule has 0 unspecified atom stereocenters. The Labute approximate surface area is 188 Å². The highest BCUT2D eigenvalue weighted by Crippen LogP contribution is 2.23. The molecule has 0 saturated carbocycles. The second kappa shape index (κ2) is 9.52. The molecule has 3 aromatic carbocycles. The van der Waals surface area contributed by atoms with E-state index in [1.165, 1.54) is 11.1 Å². The van der Waals surface area contributed by atoms with Crippen LogP contribution < -0.4 is 10.1 Å². The van der Waals surface area contributed by atoms with Crippen LogP contribution in [0.4, 0.5) is 5.69 Å². The van der Waals surface area contributed by atoms with E-state index in [4.69, 9.17) is 4.74 Å². The summed E-state index contributed by atoms with van der Waals surface area (Å²) in [6, 6.07) is 21.8. The molecule has 4 rings (SSSR count). The van der Waals surface area contributed by atoms with Gasteiger partial charge >= 0.3 is 0 Å². The Morgan fingerprint density at radius 1 is 0.906 bits per heavy atom. The largest absolute Gasteiger partial charge is 0.488 e. The number of hydrogen-bond acceptors (Lipinski definition) is 3. The van der Waals surface area contributed by atoms with Gasteiger partial charge in [-0.1, -0.05) is 54.6 Å². The van der Waals surface area contributed by atoms with Crippen LogP contribution >= 0.6 is 0 Å². The van der Waals surface area contributed by atoms with Crippen molar-refractivity contribution >= 4 is 11.6 Å². The van der Waals surface area contributed by atoms with Gasteiger partial charge in [0.05, 0.1) is 18.4 Å². The van der Waals surface area contributed by atoms with Gasteiger partial charge in [-0.25, -0.2) is 0 Å². The van der Waals surface area contributed by atoms with Crippen molar-refractivity contribution in [3.8, 4) is 5.75 Å². The number of carbonyl (C=O) groups excluding carboxylic acids is 1. The van der Waals surface area contributed by atoms with Gasteiger partial charge in [-0.3, -0.25) is 9.48 Å². The Kier molecular flexibility index (Phi) is 6.36. The van der Waals surface area contributed by atoms with Crippen molar-refractivity contribution in [2.75, 3.05) is 5.32 Å². The first-order chi connectivity index (χ1) is 15.5. The van der Waals surface area contributed by atoms with Crippen molar-refractivity contribution in [3.63, 3.8) is 0 Å². The molecule has 5 nitrogen and oxygen atoms in total. The normalized spacial score (nSPS) is 10.7. The SMILES string of the molecule is Cc1ccccc1Cn1cc(NC(=O)c2ccc(COc3c(C)cccc3C)cc2)cn1. The molecule has 0 aliphatic heterocycles. The molecule has 0 radical (unpaired) electrons. The first-order valence-electron chi connectivity index (χ1n) is 10.7. The maximum atomic E-state index is 12.6. The van der Waals surface area contributed by atoms with E-state index in [0.29, 0.717) is 24.4 Å². The number of para-hydroxylation sites is 1. The van der Waals surface area contributed by atoms with Gasteiger partial charge in [0.2, 0.25) is 0 Å². The highest BCUT2D eigenvalue weighted by Gasteiger charge is 2.09. The predicted octanol–water partition coefficient (Wildman–Crippen LogP) is 5.69. The monoisotopic (exact) mass is 425 g/mol. The predicted molar refractivity (Wildman–Crippen MR) is 127 cm³/mol. The van der Waals surface area contributed by atoms with Crippen molar-refractivity contribution in [1.29, 1.82) is 0 Å². The van der Waals surface area contributed by atoms with Crippen LogP contribution in [0.15, 0.2) is 79.1 Å². The minimum absolute atomic E-state index is 0.164. The first-order valence-corrected chi connectivity index (χ1v) is 10.7. The summed E-state index contributed by atoms with van der Waals surface area (Å²) in [5, 5.41) is 7.28. The van der Waals surface area contributed by atoms with Crippen LogP contribution in [0, 0.1) is 20.8 Å². The molecule has 0 spiro atoms. The standard InChI is InChI=1S/C27H27N3O2/c1-19-7-4-5-10-24(19)16-30-17-25(15-28-30)29-27(31)23-13-11-22(12-14-23)18-32-26-20(2)8-6-9-21(26)3/h4-15,17H,16,18H2,1-3H3,(H,29,31). The summed E-state index contributed by atoms with van der Waals surface area (Å²) in [5.74, 6) is 0.750. The number of aromatic nitrogens is 2. The van der Waals surface area contributed by atoms with Crippen molar-refractivity contribution in [2.24, 2.45) is 0 Å². The van der Waals surface area contributed by atoms with Crippen molar-refractivity contribution in [2.45, 2.75) is 33.9 Å². The number of benzene rings is 3. The van der Waals surface area contributed by atoms with Crippen molar-refractivity contribution < 1.29 is 9.53 Å². The highest BCUT2D eigenvalue weighted by molar-refractivity contribution is 6.04. The number of hydrogen-bond donors (Lipinski definition) is 1. The van der Waals surface area contributed by atoms with Gasteiger partial charge in [0.25, 0.3) is 5.91 Å². The summed E-state index contributed by atoms with van der Waals surface area (Å²) in [6.45, 7) is 7.28. The van der Waals surface area contributed by atoms with E-state index in [2.05, 4.69) is 29.5 Å². The molecule has 4 aromatic rings. The first kappa shape index (κ1) is 21.4. The molecular weight excluding hydrogens is 398 g/mol. The number of anilines is 1. The second-order valence-electron chi connectivity index (χ2n) is 8.01. The number of rotatable bonds is 7. The number of carbonyl (C=O) groups is 1. The molecule has 0 aliphatic carbocycles.